The zero-order valence-electron chi connectivity index (χ0n) is 10.1. The first-order valence-electron chi connectivity index (χ1n) is 5.59. The summed E-state index contributed by atoms with van der Waals surface area (Å²) in [6.07, 6.45) is 0. The number of nitro benzene ring substituents is 1. The lowest BCUT2D eigenvalue weighted by molar-refractivity contribution is -0.385. The van der Waals surface area contributed by atoms with E-state index in [-0.39, 0.29) is 23.5 Å². The van der Waals surface area contributed by atoms with Gasteiger partial charge in [0.1, 0.15) is 17.5 Å². The van der Waals surface area contributed by atoms with Crippen molar-refractivity contribution >= 4 is 11.4 Å². The molecule has 0 amide bonds. The van der Waals surface area contributed by atoms with Gasteiger partial charge in [-0.25, -0.2) is 13.2 Å². The molecule has 2 aromatic carbocycles. The maximum absolute atomic E-state index is 13.4. The van der Waals surface area contributed by atoms with Crippen molar-refractivity contribution in [3.63, 3.8) is 0 Å². The van der Waals surface area contributed by atoms with Crippen LogP contribution < -0.4 is 5.32 Å². The van der Waals surface area contributed by atoms with E-state index in [0.717, 1.165) is 36.4 Å². The normalized spacial score (nSPS) is 10.3. The standard InChI is InChI=1S/C13H9F3N2O2/c14-9-2-4-13(18(19)20)8(5-9)7-17-12-6-10(15)1-3-11(12)16/h1-6,17H,7H2. The number of benzene rings is 2. The number of anilines is 1. The Morgan fingerprint density at radius 1 is 1.05 bits per heavy atom. The summed E-state index contributed by atoms with van der Waals surface area (Å²) < 4.78 is 39.4. The van der Waals surface area contributed by atoms with E-state index in [0.29, 0.717) is 0 Å². The third-order valence-corrected chi connectivity index (χ3v) is 2.64. The van der Waals surface area contributed by atoms with E-state index in [1.54, 1.807) is 0 Å². The Kier molecular flexibility index (Phi) is 3.88. The van der Waals surface area contributed by atoms with Crippen LogP contribution in [0.25, 0.3) is 0 Å². The van der Waals surface area contributed by atoms with E-state index >= 15 is 0 Å². The second kappa shape index (κ2) is 5.60. The molecule has 0 fully saturated rings. The van der Waals surface area contributed by atoms with E-state index in [1.165, 1.54) is 0 Å². The Balaban J connectivity index is 2.24. The number of nitrogens with one attached hydrogen (secondary N) is 1. The smallest absolute Gasteiger partial charge is 0.274 e. The van der Waals surface area contributed by atoms with E-state index in [1.807, 2.05) is 0 Å². The highest BCUT2D eigenvalue weighted by atomic mass is 19.1. The number of rotatable bonds is 4. The second-order valence-corrected chi connectivity index (χ2v) is 4.01. The minimum Gasteiger partial charge on any atom is -0.378 e. The lowest BCUT2D eigenvalue weighted by Gasteiger charge is -2.08. The number of nitro groups is 1. The fourth-order valence-corrected chi connectivity index (χ4v) is 1.70. The van der Waals surface area contributed by atoms with Crippen molar-refractivity contribution in [2.24, 2.45) is 0 Å². The minimum atomic E-state index is -0.703. The van der Waals surface area contributed by atoms with Crippen LogP contribution in [0, 0.1) is 27.6 Å². The third kappa shape index (κ3) is 3.05. The molecule has 2 rings (SSSR count). The molecule has 1 N–H and O–H groups in total. The lowest BCUT2D eigenvalue weighted by atomic mass is 10.1. The highest BCUT2D eigenvalue weighted by molar-refractivity contribution is 5.48. The first kappa shape index (κ1) is 13.9. The van der Waals surface area contributed by atoms with Crippen molar-refractivity contribution in [1.82, 2.24) is 0 Å². The number of halogens is 3. The van der Waals surface area contributed by atoms with Crippen molar-refractivity contribution in [1.29, 1.82) is 0 Å². The summed E-state index contributed by atoms with van der Waals surface area (Å²) in [5, 5.41) is 13.3. The van der Waals surface area contributed by atoms with Crippen LogP contribution in [-0.4, -0.2) is 4.92 Å². The largest absolute Gasteiger partial charge is 0.378 e. The second-order valence-electron chi connectivity index (χ2n) is 4.01. The molecule has 0 atom stereocenters. The van der Waals surface area contributed by atoms with Gasteiger partial charge in [-0.3, -0.25) is 10.1 Å². The maximum Gasteiger partial charge on any atom is 0.274 e. The molecule has 4 nitrogen and oxygen atoms in total. The lowest BCUT2D eigenvalue weighted by Crippen LogP contribution is -2.05. The summed E-state index contributed by atoms with van der Waals surface area (Å²) in [4.78, 5) is 10.1. The molecule has 2 aromatic rings. The zero-order chi connectivity index (χ0) is 14.7. The van der Waals surface area contributed by atoms with Crippen LogP contribution in [0.15, 0.2) is 36.4 Å². The quantitative estimate of drug-likeness (QED) is 0.688. The molecule has 0 heterocycles. The summed E-state index contributed by atoms with van der Waals surface area (Å²) in [5.41, 5.74) is -0.405. The summed E-state index contributed by atoms with van der Waals surface area (Å²) in [6, 6.07) is 5.75. The number of nitrogens with zero attached hydrogens (tertiary/aromatic N) is 1. The van der Waals surface area contributed by atoms with Crippen LogP contribution in [0.2, 0.25) is 0 Å². The molecule has 0 unspecified atom stereocenters. The molecule has 20 heavy (non-hydrogen) atoms. The first-order chi connectivity index (χ1) is 9.47. The fourth-order valence-electron chi connectivity index (χ4n) is 1.70. The van der Waals surface area contributed by atoms with Gasteiger partial charge in [-0.05, 0) is 30.3 Å². The Labute approximate surface area is 112 Å². The average molecular weight is 282 g/mol. The maximum atomic E-state index is 13.4. The summed E-state index contributed by atoms with van der Waals surface area (Å²) >= 11 is 0. The highest BCUT2D eigenvalue weighted by Crippen LogP contribution is 2.22. The van der Waals surface area contributed by atoms with Gasteiger partial charge >= 0.3 is 0 Å². The van der Waals surface area contributed by atoms with Crippen LogP contribution >= 0.6 is 0 Å². The average Bonchev–Trinajstić information content (AvgIpc) is 2.39. The molecule has 0 aromatic heterocycles. The highest BCUT2D eigenvalue weighted by Gasteiger charge is 2.14. The molecule has 0 aliphatic rings. The van der Waals surface area contributed by atoms with Crippen LogP contribution in [-0.2, 0) is 6.54 Å². The zero-order valence-corrected chi connectivity index (χ0v) is 10.1. The summed E-state index contributed by atoms with van der Waals surface area (Å²) in [5.74, 6) is -2.00. The van der Waals surface area contributed by atoms with Crippen molar-refractivity contribution in [3.8, 4) is 0 Å². The van der Waals surface area contributed by atoms with Crippen molar-refractivity contribution in [3.05, 3.63) is 69.5 Å². The molecule has 0 aliphatic heterocycles. The predicted octanol–water partition coefficient (Wildman–Crippen LogP) is 3.62. The molecule has 0 aliphatic carbocycles. The monoisotopic (exact) mass is 282 g/mol. The van der Waals surface area contributed by atoms with E-state index < -0.39 is 22.4 Å². The van der Waals surface area contributed by atoms with Crippen molar-refractivity contribution in [2.45, 2.75) is 6.54 Å². The van der Waals surface area contributed by atoms with Gasteiger partial charge < -0.3 is 5.32 Å². The van der Waals surface area contributed by atoms with Gasteiger partial charge in [-0.2, -0.15) is 0 Å². The van der Waals surface area contributed by atoms with Crippen LogP contribution in [0.4, 0.5) is 24.5 Å². The molecular formula is C13H9F3N2O2. The molecule has 0 spiro atoms. The van der Waals surface area contributed by atoms with Crippen molar-refractivity contribution < 1.29 is 18.1 Å². The van der Waals surface area contributed by atoms with Gasteiger partial charge in [-0.1, -0.05) is 0 Å². The molecule has 7 heteroatoms. The van der Waals surface area contributed by atoms with Gasteiger partial charge in [0.15, 0.2) is 0 Å². The molecular weight excluding hydrogens is 273 g/mol. The Hall–Kier alpha value is -2.57. The van der Waals surface area contributed by atoms with Crippen LogP contribution in [0.3, 0.4) is 0 Å². The van der Waals surface area contributed by atoms with Gasteiger partial charge in [-0.15, -0.1) is 0 Å². The topological polar surface area (TPSA) is 55.2 Å². The Bertz CT molecular complexity index is 662. The number of hydrogen-bond donors (Lipinski definition) is 1. The van der Waals surface area contributed by atoms with E-state index in [4.69, 9.17) is 0 Å². The van der Waals surface area contributed by atoms with Crippen molar-refractivity contribution in [2.75, 3.05) is 5.32 Å². The third-order valence-electron chi connectivity index (χ3n) is 2.64. The fraction of sp³-hybridized carbons (Fsp3) is 0.0769. The van der Waals surface area contributed by atoms with E-state index in [2.05, 4.69) is 5.32 Å². The molecule has 104 valence electrons. The van der Waals surface area contributed by atoms with Gasteiger partial charge in [0.2, 0.25) is 0 Å². The minimum absolute atomic E-state index is 0.0404. The summed E-state index contributed by atoms with van der Waals surface area (Å²) in [6.45, 7) is -0.200. The van der Waals surface area contributed by atoms with Gasteiger partial charge in [0.05, 0.1) is 16.2 Å². The Morgan fingerprint density at radius 2 is 1.70 bits per heavy atom. The molecule has 0 saturated carbocycles. The molecule has 0 radical (unpaired) electrons. The molecule has 0 bridgehead atoms. The Morgan fingerprint density at radius 3 is 2.40 bits per heavy atom. The van der Waals surface area contributed by atoms with Gasteiger partial charge in [0, 0.05) is 12.6 Å². The first-order valence-corrected chi connectivity index (χ1v) is 5.59. The van der Waals surface area contributed by atoms with Crippen LogP contribution in [0.5, 0.6) is 0 Å². The predicted molar refractivity (Wildman–Crippen MR) is 66.7 cm³/mol. The van der Waals surface area contributed by atoms with Gasteiger partial charge in [0.25, 0.3) is 5.69 Å². The van der Waals surface area contributed by atoms with E-state index in [9.17, 15) is 23.3 Å². The van der Waals surface area contributed by atoms with Crippen LogP contribution in [0.1, 0.15) is 5.56 Å². The SMILES string of the molecule is O=[N+]([O-])c1ccc(F)cc1CNc1cc(F)ccc1F. The molecule has 0 saturated heterocycles. The summed E-state index contributed by atoms with van der Waals surface area (Å²) in [7, 11) is 0. The number of hydrogen-bond acceptors (Lipinski definition) is 3.